The van der Waals surface area contributed by atoms with Crippen LogP contribution in [-0.2, 0) is 11.3 Å². The molecule has 0 radical (unpaired) electrons. The maximum Gasteiger partial charge on any atom is 0.239 e. The van der Waals surface area contributed by atoms with Crippen molar-refractivity contribution in [2.45, 2.75) is 19.0 Å². The summed E-state index contributed by atoms with van der Waals surface area (Å²) in [6, 6.07) is 3.55. The number of carbonyl (C=O) groups excluding carboxylic acids is 1. The maximum absolute atomic E-state index is 12.4. The highest BCUT2D eigenvalue weighted by Gasteiger charge is 2.25. The monoisotopic (exact) mass is 433 g/mol. The van der Waals surface area contributed by atoms with E-state index in [-0.39, 0.29) is 24.4 Å². The molecule has 1 aromatic rings. The van der Waals surface area contributed by atoms with Crippen molar-refractivity contribution >= 4 is 30.1 Å². The zero-order valence-electron chi connectivity index (χ0n) is 17.1. The summed E-state index contributed by atoms with van der Waals surface area (Å²) in [5.41, 5.74) is 7.11. The van der Waals surface area contributed by atoms with Gasteiger partial charge in [0.15, 0.2) is 11.5 Å². The molecule has 7 nitrogen and oxygen atoms in total. The Bertz CT molecular complexity index is 602. The van der Waals surface area contributed by atoms with E-state index in [0.29, 0.717) is 30.3 Å². The third kappa shape index (κ3) is 6.34. The maximum atomic E-state index is 12.4. The van der Waals surface area contributed by atoms with Crippen LogP contribution in [0.25, 0.3) is 0 Å². The van der Waals surface area contributed by atoms with Gasteiger partial charge in [-0.1, -0.05) is 0 Å². The highest BCUT2D eigenvalue weighted by molar-refractivity contribution is 7.98. The molecule has 1 saturated heterocycles. The van der Waals surface area contributed by atoms with E-state index >= 15 is 0 Å². The van der Waals surface area contributed by atoms with Gasteiger partial charge in [-0.25, -0.2) is 0 Å². The summed E-state index contributed by atoms with van der Waals surface area (Å²) in [7, 11) is 4.83. The van der Waals surface area contributed by atoms with Crippen LogP contribution in [0.3, 0.4) is 0 Å². The van der Waals surface area contributed by atoms with Crippen LogP contribution in [0.5, 0.6) is 17.2 Å². The van der Waals surface area contributed by atoms with Gasteiger partial charge in [-0.15, -0.1) is 12.4 Å². The summed E-state index contributed by atoms with van der Waals surface area (Å²) < 4.78 is 16.2. The van der Waals surface area contributed by atoms with Gasteiger partial charge in [0.2, 0.25) is 11.7 Å². The van der Waals surface area contributed by atoms with Gasteiger partial charge in [0.25, 0.3) is 0 Å². The Balaban J connectivity index is 0.00000392. The minimum absolute atomic E-state index is 0. The molecule has 0 bridgehead atoms. The van der Waals surface area contributed by atoms with Crippen LogP contribution in [0.4, 0.5) is 0 Å². The lowest BCUT2D eigenvalue weighted by atomic mass is 10.1. The number of piperazine rings is 1. The van der Waals surface area contributed by atoms with E-state index in [9.17, 15) is 4.79 Å². The predicted molar refractivity (Wildman–Crippen MR) is 116 cm³/mol. The lowest BCUT2D eigenvalue weighted by Gasteiger charge is -2.36. The molecule has 1 aliphatic heterocycles. The fraction of sp³-hybridized carbons (Fsp3) is 0.632. The van der Waals surface area contributed by atoms with Crippen molar-refractivity contribution in [3.63, 3.8) is 0 Å². The van der Waals surface area contributed by atoms with Gasteiger partial charge in [0.1, 0.15) is 0 Å². The van der Waals surface area contributed by atoms with Crippen LogP contribution in [0, 0.1) is 0 Å². The van der Waals surface area contributed by atoms with Crippen molar-refractivity contribution in [3.8, 4) is 17.2 Å². The summed E-state index contributed by atoms with van der Waals surface area (Å²) in [5, 5.41) is 0. The first-order chi connectivity index (χ1) is 13.0. The van der Waals surface area contributed by atoms with E-state index in [0.717, 1.165) is 37.4 Å². The SMILES string of the molecule is COc1cc(CN2CCN(C(=O)[C@@H](N)CCSC)CC2)cc(OC)c1OC.Cl. The average molecular weight is 434 g/mol. The molecule has 1 aliphatic rings. The first-order valence-corrected chi connectivity index (χ1v) is 10.5. The second-order valence-electron chi connectivity index (χ2n) is 6.52. The van der Waals surface area contributed by atoms with Gasteiger partial charge in [-0.05, 0) is 36.1 Å². The summed E-state index contributed by atoms with van der Waals surface area (Å²) in [6.07, 6.45) is 2.75. The Hall–Kier alpha value is -1.35. The third-order valence-corrected chi connectivity index (χ3v) is 5.41. The van der Waals surface area contributed by atoms with Crippen LogP contribution in [0.15, 0.2) is 12.1 Å². The molecule has 1 amide bonds. The van der Waals surface area contributed by atoms with Crippen molar-refractivity contribution in [1.82, 2.24) is 9.80 Å². The molecule has 0 saturated carbocycles. The molecule has 1 aromatic carbocycles. The smallest absolute Gasteiger partial charge is 0.239 e. The van der Waals surface area contributed by atoms with Crippen molar-refractivity contribution in [2.24, 2.45) is 5.73 Å². The number of carbonyl (C=O) groups is 1. The number of nitrogens with two attached hydrogens (primary N) is 1. The second-order valence-corrected chi connectivity index (χ2v) is 7.51. The molecular weight excluding hydrogens is 402 g/mol. The van der Waals surface area contributed by atoms with Crippen molar-refractivity contribution in [1.29, 1.82) is 0 Å². The van der Waals surface area contributed by atoms with Crippen LogP contribution < -0.4 is 19.9 Å². The zero-order valence-corrected chi connectivity index (χ0v) is 18.7. The molecule has 1 fully saturated rings. The molecule has 0 unspecified atom stereocenters. The molecular formula is C19H32ClN3O4S. The number of benzene rings is 1. The number of nitrogens with zero attached hydrogens (tertiary/aromatic N) is 2. The molecule has 0 aromatic heterocycles. The van der Waals surface area contributed by atoms with Gasteiger partial charge in [-0.3, -0.25) is 9.69 Å². The van der Waals surface area contributed by atoms with E-state index < -0.39 is 0 Å². The molecule has 2 rings (SSSR count). The Morgan fingerprint density at radius 2 is 1.68 bits per heavy atom. The minimum Gasteiger partial charge on any atom is -0.493 e. The number of methoxy groups -OCH3 is 3. The number of ether oxygens (including phenoxy) is 3. The summed E-state index contributed by atoms with van der Waals surface area (Å²) in [6.45, 7) is 3.80. The highest BCUT2D eigenvalue weighted by Crippen LogP contribution is 2.38. The Kier molecular flexibility index (Phi) is 10.8. The van der Waals surface area contributed by atoms with Crippen LogP contribution >= 0.6 is 24.2 Å². The number of halogens is 1. The van der Waals surface area contributed by atoms with Crippen molar-refractivity contribution < 1.29 is 19.0 Å². The van der Waals surface area contributed by atoms with Gasteiger partial charge < -0.3 is 24.8 Å². The average Bonchev–Trinajstić information content (AvgIpc) is 2.71. The molecule has 160 valence electrons. The molecule has 2 N–H and O–H groups in total. The van der Waals surface area contributed by atoms with E-state index in [1.807, 2.05) is 23.3 Å². The molecule has 1 atom stereocenters. The second kappa shape index (κ2) is 12.3. The summed E-state index contributed by atoms with van der Waals surface area (Å²) in [4.78, 5) is 16.6. The standard InChI is InChI=1S/C19H31N3O4S.ClH/c1-24-16-11-14(12-17(25-2)18(16)26-3)13-21-6-8-22(9-7-21)19(23)15(20)5-10-27-4;/h11-12,15H,5-10,13,20H2,1-4H3;1H/t15-;/m0./s1. The Labute approximate surface area is 178 Å². The fourth-order valence-electron chi connectivity index (χ4n) is 3.21. The van der Waals surface area contributed by atoms with Crippen LogP contribution in [-0.4, -0.2) is 81.3 Å². The number of amides is 1. The van der Waals surface area contributed by atoms with E-state index in [2.05, 4.69) is 4.90 Å². The fourth-order valence-corrected chi connectivity index (χ4v) is 3.70. The summed E-state index contributed by atoms with van der Waals surface area (Å²) >= 11 is 1.72. The molecule has 28 heavy (non-hydrogen) atoms. The first-order valence-electron chi connectivity index (χ1n) is 9.08. The first kappa shape index (κ1) is 24.7. The number of thioether (sulfide) groups is 1. The molecule has 0 spiro atoms. The summed E-state index contributed by atoms with van der Waals surface area (Å²) in [5.74, 6) is 2.88. The van der Waals surface area contributed by atoms with E-state index in [4.69, 9.17) is 19.9 Å². The lowest BCUT2D eigenvalue weighted by Crippen LogP contribution is -2.53. The zero-order chi connectivity index (χ0) is 19.8. The quantitative estimate of drug-likeness (QED) is 0.636. The van der Waals surface area contributed by atoms with Gasteiger partial charge in [0.05, 0.1) is 27.4 Å². The highest BCUT2D eigenvalue weighted by atomic mass is 35.5. The largest absolute Gasteiger partial charge is 0.493 e. The normalized spacial score (nSPS) is 15.5. The predicted octanol–water partition coefficient (Wildman–Crippen LogP) is 1.86. The van der Waals surface area contributed by atoms with E-state index in [1.165, 1.54) is 0 Å². The molecule has 1 heterocycles. The third-order valence-electron chi connectivity index (χ3n) is 4.76. The Morgan fingerprint density at radius 1 is 1.11 bits per heavy atom. The van der Waals surface area contributed by atoms with Crippen molar-refractivity contribution in [3.05, 3.63) is 17.7 Å². The number of hydrogen-bond acceptors (Lipinski definition) is 7. The number of rotatable bonds is 9. The van der Waals surface area contributed by atoms with Crippen LogP contribution in [0.1, 0.15) is 12.0 Å². The number of hydrogen-bond donors (Lipinski definition) is 1. The minimum atomic E-state index is -0.390. The van der Waals surface area contributed by atoms with Crippen molar-refractivity contribution in [2.75, 3.05) is 59.5 Å². The molecule has 9 heteroatoms. The van der Waals surface area contributed by atoms with Crippen LogP contribution in [0.2, 0.25) is 0 Å². The van der Waals surface area contributed by atoms with Gasteiger partial charge in [0, 0.05) is 32.7 Å². The van der Waals surface area contributed by atoms with E-state index in [1.54, 1.807) is 33.1 Å². The van der Waals surface area contributed by atoms with Gasteiger partial charge in [-0.2, -0.15) is 11.8 Å². The topological polar surface area (TPSA) is 77.3 Å². The van der Waals surface area contributed by atoms with Gasteiger partial charge >= 0.3 is 0 Å². The Morgan fingerprint density at radius 3 is 2.14 bits per heavy atom. The molecule has 0 aliphatic carbocycles. The lowest BCUT2D eigenvalue weighted by molar-refractivity contribution is -0.134.